The fourth-order valence-corrected chi connectivity index (χ4v) is 3.97. The van der Waals surface area contributed by atoms with Crippen LogP contribution in [0.5, 0.6) is 5.75 Å². The van der Waals surface area contributed by atoms with Gasteiger partial charge in [0.15, 0.2) is 11.6 Å². The van der Waals surface area contributed by atoms with Crippen LogP contribution in [0.3, 0.4) is 0 Å². The molecule has 2 heterocycles. The van der Waals surface area contributed by atoms with Crippen molar-refractivity contribution in [3.8, 4) is 5.75 Å². The molecule has 0 bridgehead atoms. The number of benzene rings is 2. The Bertz CT molecular complexity index is 994. The Hall–Kier alpha value is -3.23. The molecule has 1 saturated heterocycles. The number of hydrogen-bond donors (Lipinski definition) is 4. The minimum absolute atomic E-state index is 0.0680. The molecule has 162 valence electrons. The van der Waals surface area contributed by atoms with Crippen LogP contribution in [-0.4, -0.2) is 58.8 Å². The van der Waals surface area contributed by atoms with Gasteiger partial charge in [0.05, 0.1) is 32.4 Å². The van der Waals surface area contributed by atoms with Gasteiger partial charge in [0.2, 0.25) is 5.95 Å². The Labute approximate surface area is 181 Å². The van der Waals surface area contributed by atoms with Crippen LogP contribution >= 0.6 is 0 Å². The number of anilines is 3. The molecule has 0 atom stereocenters. The van der Waals surface area contributed by atoms with Crippen molar-refractivity contribution in [3.05, 3.63) is 72.2 Å². The first-order valence-corrected chi connectivity index (χ1v) is 10.5. The Balaban J connectivity index is 1.40. The van der Waals surface area contributed by atoms with Gasteiger partial charge in [-0.2, -0.15) is 4.98 Å². The SMILES string of the molecule is Oc1cccc(Nc2nc(NCC[N+]3(Cc4ccccc4)CCNCC3)ncc2F)c1. The molecule has 3 aromatic rings. The van der Waals surface area contributed by atoms with E-state index in [0.717, 1.165) is 49.9 Å². The lowest BCUT2D eigenvalue weighted by Gasteiger charge is -2.42. The fraction of sp³-hybridized carbons (Fsp3) is 0.304. The highest BCUT2D eigenvalue weighted by molar-refractivity contribution is 5.59. The van der Waals surface area contributed by atoms with E-state index in [1.807, 2.05) is 6.07 Å². The number of nitrogens with zero attached hydrogens (tertiary/aromatic N) is 3. The van der Waals surface area contributed by atoms with Crippen LogP contribution < -0.4 is 16.0 Å². The molecule has 8 heteroatoms. The number of phenolic OH excluding ortho intramolecular Hbond substituents is 1. The Morgan fingerprint density at radius 3 is 2.65 bits per heavy atom. The zero-order valence-electron chi connectivity index (χ0n) is 17.4. The van der Waals surface area contributed by atoms with Crippen LogP contribution in [-0.2, 0) is 6.54 Å². The highest BCUT2D eigenvalue weighted by Gasteiger charge is 2.29. The normalized spacial score (nSPS) is 15.4. The molecular weight excluding hydrogens is 395 g/mol. The molecular formula is C23H28FN6O+. The van der Waals surface area contributed by atoms with Gasteiger partial charge in [-0.1, -0.05) is 36.4 Å². The van der Waals surface area contributed by atoms with Gasteiger partial charge >= 0.3 is 0 Å². The van der Waals surface area contributed by atoms with Crippen molar-refractivity contribution >= 4 is 17.5 Å². The van der Waals surface area contributed by atoms with Gasteiger partial charge < -0.3 is 25.5 Å². The Morgan fingerprint density at radius 1 is 1.06 bits per heavy atom. The monoisotopic (exact) mass is 423 g/mol. The summed E-state index contributed by atoms with van der Waals surface area (Å²) in [5.41, 5.74) is 1.89. The van der Waals surface area contributed by atoms with Gasteiger partial charge in [-0.15, -0.1) is 0 Å². The van der Waals surface area contributed by atoms with Crippen molar-refractivity contribution in [1.82, 2.24) is 15.3 Å². The molecule has 1 aliphatic rings. The van der Waals surface area contributed by atoms with E-state index in [1.165, 1.54) is 11.6 Å². The number of quaternary nitrogens is 1. The first-order valence-electron chi connectivity index (χ1n) is 10.5. The van der Waals surface area contributed by atoms with Crippen LogP contribution in [0.4, 0.5) is 21.8 Å². The molecule has 1 aromatic heterocycles. The molecule has 31 heavy (non-hydrogen) atoms. The van der Waals surface area contributed by atoms with Crippen molar-refractivity contribution in [2.45, 2.75) is 6.54 Å². The third-order valence-corrected chi connectivity index (χ3v) is 5.61. The molecule has 1 aliphatic heterocycles. The first-order chi connectivity index (χ1) is 15.1. The van der Waals surface area contributed by atoms with Crippen molar-refractivity contribution in [3.63, 3.8) is 0 Å². The summed E-state index contributed by atoms with van der Waals surface area (Å²) < 4.78 is 15.2. The maximum absolute atomic E-state index is 14.2. The van der Waals surface area contributed by atoms with Gasteiger partial charge in [0, 0.05) is 30.4 Å². The maximum atomic E-state index is 14.2. The van der Waals surface area contributed by atoms with E-state index in [-0.39, 0.29) is 11.6 Å². The van der Waals surface area contributed by atoms with E-state index in [4.69, 9.17) is 0 Å². The first kappa shape index (κ1) is 21.0. The number of rotatable bonds is 8. The fourth-order valence-electron chi connectivity index (χ4n) is 3.97. The molecule has 7 nitrogen and oxygen atoms in total. The molecule has 0 spiro atoms. The molecule has 1 fully saturated rings. The van der Waals surface area contributed by atoms with Crippen LogP contribution in [0.2, 0.25) is 0 Å². The van der Waals surface area contributed by atoms with Crippen molar-refractivity contribution in [2.75, 3.05) is 49.9 Å². The summed E-state index contributed by atoms with van der Waals surface area (Å²) in [4.78, 5) is 8.36. The molecule has 4 rings (SSSR count). The van der Waals surface area contributed by atoms with Crippen molar-refractivity contribution in [2.24, 2.45) is 0 Å². The summed E-state index contributed by atoms with van der Waals surface area (Å²) in [6, 6.07) is 17.0. The van der Waals surface area contributed by atoms with Gasteiger partial charge in [-0.25, -0.2) is 9.37 Å². The Morgan fingerprint density at radius 2 is 1.87 bits per heavy atom. The summed E-state index contributed by atoms with van der Waals surface area (Å²) in [6.07, 6.45) is 1.15. The zero-order chi connectivity index (χ0) is 21.5. The topological polar surface area (TPSA) is 82.1 Å². The third kappa shape index (κ3) is 5.68. The van der Waals surface area contributed by atoms with Crippen LogP contribution in [0, 0.1) is 5.82 Å². The highest BCUT2D eigenvalue weighted by atomic mass is 19.1. The minimum Gasteiger partial charge on any atom is -0.508 e. The average Bonchev–Trinajstić information content (AvgIpc) is 2.77. The largest absolute Gasteiger partial charge is 0.508 e. The predicted molar refractivity (Wildman–Crippen MR) is 120 cm³/mol. The molecule has 0 unspecified atom stereocenters. The smallest absolute Gasteiger partial charge is 0.225 e. The van der Waals surface area contributed by atoms with Crippen LogP contribution in [0.25, 0.3) is 0 Å². The number of nitrogens with one attached hydrogen (secondary N) is 3. The summed E-state index contributed by atoms with van der Waals surface area (Å²) in [7, 11) is 0. The maximum Gasteiger partial charge on any atom is 0.225 e. The standard InChI is InChI=1S/C23H27FN6O/c24-21-16-27-23(29-22(21)28-19-7-4-8-20(31)15-19)26-11-14-30(12-9-25-10-13-30)17-18-5-2-1-3-6-18/h1-8,15-16,25H,9-14,17H2,(H2-,26,27,28,29,31)/p+1. The summed E-state index contributed by atoms with van der Waals surface area (Å²) in [5.74, 6) is -0.0136. The van der Waals surface area contributed by atoms with Gasteiger partial charge in [-0.05, 0) is 12.1 Å². The molecule has 0 saturated carbocycles. The highest BCUT2D eigenvalue weighted by Crippen LogP contribution is 2.22. The second kappa shape index (κ2) is 9.72. The van der Waals surface area contributed by atoms with E-state index in [9.17, 15) is 9.50 Å². The van der Waals surface area contributed by atoms with E-state index >= 15 is 0 Å². The van der Waals surface area contributed by atoms with E-state index in [1.54, 1.807) is 18.2 Å². The molecule has 0 amide bonds. The lowest BCUT2D eigenvalue weighted by atomic mass is 10.1. The number of halogens is 1. The summed E-state index contributed by atoms with van der Waals surface area (Å²) in [6.45, 7) is 6.71. The van der Waals surface area contributed by atoms with Crippen LogP contribution in [0.15, 0.2) is 60.8 Å². The van der Waals surface area contributed by atoms with Crippen molar-refractivity contribution < 1.29 is 14.0 Å². The molecule has 0 radical (unpaired) electrons. The number of hydrogen-bond acceptors (Lipinski definition) is 6. The van der Waals surface area contributed by atoms with Crippen molar-refractivity contribution in [1.29, 1.82) is 0 Å². The number of aromatic hydroxyl groups is 1. The second-order valence-corrected chi connectivity index (χ2v) is 7.90. The van der Waals surface area contributed by atoms with Gasteiger partial charge in [0.1, 0.15) is 12.3 Å². The Kier molecular flexibility index (Phi) is 6.59. The number of phenols is 1. The average molecular weight is 424 g/mol. The molecule has 4 N–H and O–H groups in total. The van der Waals surface area contributed by atoms with Crippen LogP contribution in [0.1, 0.15) is 5.56 Å². The summed E-state index contributed by atoms with van der Waals surface area (Å²) in [5, 5.41) is 19.2. The summed E-state index contributed by atoms with van der Waals surface area (Å²) >= 11 is 0. The third-order valence-electron chi connectivity index (χ3n) is 5.61. The number of aromatic nitrogens is 2. The lowest BCUT2D eigenvalue weighted by molar-refractivity contribution is -0.940. The van der Waals surface area contributed by atoms with Gasteiger partial charge in [-0.3, -0.25) is 0 Å². The van der Waals surface area contributed by atoms with E-state index in [2.05, 4.69) is 50.2 Å². The van der Waals surface area contributed by atoms with E-state index < -0.39 is 5.82 Å². The molecule has 0 aliphatic carbocycles. The minimum atomic E-state index is -0.552. The quantitative estimate of drug-likeness (QED) is 0.417. The van der Waals surface area contributed by atoms with Gasteiger partial charge in [0.25, 0.3) is 0 Å². The zero-order valence-corrected chi connectivity index (χ0v) is 17.4. The van der Waals surface area contributed by atoms with E-state index in [0.29, 0.717) is 18.2 Å². The molecule has 2 aromatic carbocycles. The second-order valence-electron chi connectivity index (χ2n) is 7.90. The lowest BCUT2D eigenvalue weighted by Crippen LogP contribution is -2.59. The number of piperazine rings is 1. The predicted octanol–water partition coefficient (Wildman–Crippen LogP) is 3.10.